The molecule has 0 spiro atoms. The van der Waals surface area contributed by atoms with E-state index >= 15 is 0 Å². The van der Waals surface area contributed by atoms with Crippen LogP contribution >= 0.6 is 0 Å². The molecule has 0 saturated carbocycles. The largest absolute Gasteiger partial charge is 0.300 e. The zero-order valence-electron chi connectivity index (χ0n) is 13.1. The van der Waals surface area contributed by atoms with E-state index in [0.29, 0.717) is 12.3 Å². The van der Waals surface area contributed by atoms with Gasteiger partial charge in [0, 0.05) is 12.5 Å². The number of ketones is 1. The highest BCUT2D eigenvalue weighted by Crippen LogP contribution is 2.29. The second-order valence-corrected chi connectivity index (χ2v) is 6.34. The average molecular weight is 273 g/mol. The number of carbonyl (C=O) groups excluding carboxylic acids is 1. The molecule has 1 atom stereocenters. The molecule has 2 rings (SSSR count). The molecular weight excluding hydrogens is 246 g/mol. The number of benzene rings is 1. The van der Waals surface area contributed by atoms with Gasteiger partial charge in [0.05, 0.1) is 0 Å². The van der Waals surface area contributed by atoms with Crippen LogP contribution in [-0.4, -0.2) is 23.8 Å². The Hall–Kier alpha value is -1.15. The molecule has 2 heteroatoms. The topological polar surface area (TPSA) is 20.3 Å². The Labute approximate surface area is 123 Å². The van der Waals surface area contributed by atoms with Crippen LogP contribution in [0.5, 0.6) is 0 Å². The van der Waals surface area contributed by atoms with Gasteiger partial charge in [0.25, 0.3) is 0 Å². The molecule has 0 aromatic heterocycles. The molecule has 2 nitrogen and oxygen atoms in total. The lowest BCUT2D eigenvalue weighted by Gasteiger charge is -2.34. The first-order chi connectivity index (χ1) is 9.58. The van der Waals surface area contributed by atoms with Crippen LogP contribution in [0, 0.1) is 0 Å². The number of rotatable bonds is 5. The molecular formula is C18H27NO. The summed E-state index contributed by atoms with van der Waals surface area (Å²) < 4.78 is 0. The highest BCUT2D eigenvalue weighted by atomic mass is 16.1. The fourth-order valence-electron chi connectivity index (χ4n) is 3.06. The number of piperidine rings is 1. The van der Waals surface area contributed by atoms with Gasteiger partial charge in [0.1, 0.15) is 5.78 Å². The van der Waals surface area contributed by atoms with Gasteiger partial charge in [-0.25, -0.2) is 0 Å². The zero-order chi connectivity index (χ0) is 14.5. The molecule has 20 heavy (non-hydrogen) atoms. The molecule has 110 valence electrons. The van der Waals surface area contributed by atoms with E-state index in [1.807, 2.05) is 0 Å². The van der Waals surface area contributed by atoms with Crippen molar-refractivity contribution < 1.29 is 4.79 Å². The van der Waals surface area contributed by atoms with E-state index in [1.165, 1.54) is 30.4 Å². The number of nitrogens with zero attached hydrogens (tertiary/aromatic N) is 1. The normalized spacial score (nSPS) is 18.2. The fraction of sp³-hybridized carbons (Fsp3) is 0.611. The minimum atomic E-state index is 0.272. The summed E-state index contributed by atoms with van der Waals surface area (Å²) in [6, 6.07) is 9.15. The third-order valence-electron chi connectivity index (χ3n) is 4.30. The molecule has 1 saturated heterocycles. The summed E-state index contributed by atoms with van der Waals surface area (Å²) >= 11 is 0. The Morgan fingerprint density at radius 3 is 2.10 bits per heavy atom. The van der Waals surface area contributed by atoms with Crippen molar-refractivity contribution >= 4 is 5.78 Å². The highest BCUT2D eigenvalue weighted by Gasteiger charge is 2.23. The average Bonchev–Trinajstić information content (AvgIpc) is 2.45. The minimum Gasteiger partial charge on any atom is -0.300 e. The molecule has 1 unspecified atom stereocenters. The predicted molar refractivity (Wildman–Crippen MR) is 84.0 cm³/mol. The summed E-state index contributed by atoms with van der Waals surface area (Å²) in [5.74, 6) is 0.846. The van der Waals surface area contributed by atoms with Gasteiger partial charge in [-0.3, -0.25) is 9.69 Å². The van der Waals surface area contributed by atoms with Crippen LogP contribution in [0.25, 0.3) is 0 Å². The quantitative estimate of drug-likeness (QED) is 0.796. The van der Waals surface area contributed by atoms with E-state index in [-0.39, 0.29) is 11.8 Å². The first-order valence-electron chi connectivity index (χ1n) is 7.91. The third-order valence-corrected chi connectivity index (χ3v) is 4.30. The standard InChI is InChI=1S/C18H27NO/c1-14(2)16-7-9-17(10-8-16)18(13-15(3)20)19-11-5-4-6-12-19/h7-10,14,18H,4-6,11-13H2,1-3H3. The van der Waals surface area contributed by atoms with Crippen molar-refractivity contribution in [3.8, 4) is 0 Å². The van der Waals surface area contributed by atoms with E-state index < -0.39 is 0 Å². The van der Waals surface area contributed by atoms with E-state index in [4.69, 9.17) is 0 Å². The second kappa shape index (κ2) is 7.03. The van der Waals surface area contributed by atoms with E-state index in [2.05, 4.69) is 43.0 Å². The fourth-order valence-corrected chi connectivity index (χ4v) is 3.06. The lowest BCUT2D eigenvalue weighted by Crippen LogP contribution is -2.34. The summed E-state index contributed by atoms with van der Waals surface area (Å²) in [5, 5.41) is 0. The van der Waals surface area contributed by atoms with Crippen molar-refractivity contribution in [1.82, 2.24) is 4.90 Å². The maximum absolute atomic E-state index is 11.6. The van der Waals surface area contributed by atoms with Crippen LogP contribution in [0.4, 0.5) is 0 Å². The first kappa shape index (κ1) is 15.2. The Kier molecular flexibility index (Phi) is 5.36. The van der Waals surface area contributed by atoms with Crippen LogP contribution in [0.2, 0.25) is 0 Å². The lowest BCUT2D eigenvalue weighted by atomic mass is 9.94. The van der Waals surface area contributed by atoms with E-state index in [1.54, 1.807) is 6.92 Å². The molecule has 1 heterocycles. The van der Waals surface area contributed by atoms with Crippen molar-refractivity contribution in [3.63, 3.8) is 0 Å². The molecule has 0 amide bonds. The number of carbonyl (C=O) groups is 1. The van der Waals surface area contributed by atoms with Gasteiger partial charge in [0.15, 0.2) is 0 Å². The smallest absolute Gasteiger partial charge is 0.131 e. The SMILES string of the molecule is CC(=O)CC(c1ccc(C(C)C)cc1)N1CCCCC1. The number of Topliss-reactive ketones (excluding diaryl/α,β-unsaturated/α-hetero) is 1. The van der Waals surface area contributed by atoms with Gasteiger partial charge in [-0.05, 0) is 49.9 Å². The maximum atomic E-state index is 11.6. The Morgan fingerprint density at radius 2 is 1.60 bits per heavy atom. The van der Waals surface area contributed by atoms with Crippen molar-refractivity contribution in [3.05, 3.63) is 35.4 Å². The van der Waals surface area contributed by atoms with Crippen LogP contribution in [0.1, 0.15) is 69.5 Å². The van der Waals surface area contributed by atoms with Gasteiger partial charge < -0.3 is 0 Å². The summed E-state index contributed by atoms with van der Waals surface area (Å²) in [6.45, 7) is 8.40. The van der Waals surface area contributed by atoms with Gasteiger partial charge in [-0.1, -0.05) is 44.5 Å². The molecule has 1 aromatic rings. The van der Waals surface area contributed by atoms with Crippen molar-refractivity contribution in [2.45, 2.75) is 58.4 Å². The summed E-state index contributed by atoms with van der Waals surface area (Å²) in [6.07, 6.45) is 4.49. The van der Waals surface area contributed by atoms with Crippen molar-refractivity contribution in [1.29, 1.82) is 0 Å². The van der Waals surface area contributed by atoms with Gasteiger partial charge >= 0.3 is 0 Å². The second-order valence-electron chi connectivity index (χ2n) is 6.34. The Morgan fingerprint density at radius 1 is 1.05 bits per heavy atom. The summed E-state index contributed by atoms with van der Waals surface area (Å²) in [5.41, 5.74) is 2.67. The highest BCUT2D eigenvalue weighted by molar-refractivity contribution is 5.76. The molecule has 0 aliphatic carbocycles. The van der Waals surface area contributed by atoms with Crippen LogP contribution in [0.15, 0.2) is 24.3 Å². The molecule has 1 aromatic carbocycles. The lowest BCUT2D eigenvalue weighted by molar-refractivity contribution is -0.118. The summed E-state index contributed by atoms with van der Waals surface area (Å²) in [7, 11) is 0. The van der Waals surface area contributed by atoms with Crippen LogP contribution in [-0.2, 0) is 4.79 Å². The number of likely N-dealkylation sites (tertiary alicyclic amines) is 1. The van der Waals surface area contributed by atoms with Crippen molar-refractivity contribution in [2.24, 2.45) is 0 Å². The number of hydrogen-bond donors (Lipinski definition) is 0. The molecule has 1 fully saturated rings. The van der Waals surface area contributed by atoms with E-state index in [0.717, 1.165) is 13.1 Å². The first-order valence-corrected chi connectivity index (χ1v) is 7.91. The molecule has 0 bridgehead atoms. The zero-order valence-corrected chi connectivity index (χ0v) is 13.1. The predicted octanol–water partition coefficient (Wildman–Crippen LogP) is 4.32. The van der Waals surface area contributed by atoms with Crippen LogP contribution < -0.4 is 0 Å². The Balaban J connectivity index is 2.18. The van der Waals surface area contributed by atoms with Crippen LogP contribution in [0.3, 0.4) is 0 Å². The Bertz CT molecular complexity index is 429. The molecule has 1 aliphatic heterocycles. The van der Waals surface area contributed by atoms with Gasteiger partial charge in [-0.2, -0.15) is 0 Å². The number of hydrogen-bond acceptors (Lipinski definition) is 2. The minimum absolute atomic E-state index is 0.272. The summed E-state index contributed by atoms with van der Waals surface area (Å²) in [4.78, 5) is 14.1. The van der Waals surface area contributed by atoms with Gasteiger partial charge in [-0.15, -0.1) is 0 Å². The van der Waals surface area contributed by atoms with E-state index in [9.17, 15) is 4.79 Å². The van der Waals surface area contributed by atoms with Gasteiger partial charge in [0.2, 0.25) is 0 Å². The third kappa shape index (κ3) is 3.92. The van der Waals surface area contributed by atoms with Crippen molar-refractivity contribution in [2.75, 3.05) is 13.1 Å². The molecule has 1 aliphatic rings. The monoisotopic (exact) mass is 273 g/mol. The molecule has 0 N–H and O–H groups in total. The molecule has 0 radical (unpaired) electrons. The maximum Gasteiger partial charge on any atom is 0.131 e.